The van der Waals surface area contributed by atoms with Gasteiger partial charge in [0.05, 0.1) is 24.5 Å². The molecule has 1 fully saturated rings. The molecular formula is C24H22N6O. The van der Waals surface area contributed by atoms with E-state index in [1.54, 1.807) is 4.68 Å². The van der Waals surface area contributed by atoms with Crippen molar-refractivity contribution in [3.8, 4) is 17.0 Å². The summed E-state index contributed by atoms with van der Waals surface area (Å²) in [5.41, 5.74) is 6.22. The Morgan fingerprint density at radius 1 is 1.03 bits per heavy atom. The molecule has 0 radical (unpaired) electrons. The van der Waals surface area contributed by atoms with Gasteiger partial charge in [-0.25, -0.2) is 4.52 Å². The van der Waals surface area contributed by atoms with Crippen LogP contribution in [0, 0.1) is 5.92 Å². The van der Waals surface area contributed by atoms with E-state index in [4.69, 9.17) is 9.72 Å². The minimum atomic E-state index is 0.671. The predicted molar refractivity (Wildman–Crippen MR) is 118 cm³/mol. The summed E-state index contributed by atoms with van der Waals surface area (Å²) in [4.78, 5) is 9.33. The average molecular weight is 410 g/mol. The number of fused-ring (bicyclic) bond motifs is 2. The molecule has 7 nitrogen and oxygen atoms in total. The van der Waals surface area contributed by atoms with Gasteiger partial charge in [-0.1, -0.05) is 6.07 Å². The van der Waals surface area contributed by atoms with Crippen LogP contribution in [0.25, 0.3) is 27.7 Å². The second kappa shape index (κ2) is 7.19. The summed E-state index contributed by atoms with van der Waals surface area (Å²) >= 11 is 0. The summed E-state index contributed by atoms with van der Waals surface area (Å²) in [6.07, 6.45) is 12.8. The third kappa shape index (κ3) is 3.63. The summed E-state index contributed by atoms with van der Waals surface area (Å²) in [6, 6.07) is 10.4. The lowest BCUT2D eigenvalue weighted by Crippen LogP contribution is -2.02. The third-order valence-electron chi connectivity index (χ3n) is 5.76. The van der Waals surface area contributed by atoms with Crippen LogP contribution in [0.2, 0.25) is 0 Å². The maximum atomic E-state index is 5.86. The largest absolute Gasteiger partial charge is 0.477 e. The Morgan fingerprint density at radius 3 is 2.81 bits per heavy atom. The monoisotopic (exact) mass is 410 g/mol. The van der Waals surface area contributed by atoms with Crippen molar-refractivity contribution in [3.05, 3.63) is 72.4 Å². The zero-order chi connectivity index (χ0) is 20.8. The van der Waals surface area contributed by atoms with Crippen molar-refractivity contribution in [3.63, 3.8) is 0 Å². The molecule has 4 aromatic heterocycles. The molecule has 7 heteroatoms. The highest BCUT2D eigenvalue weighted by molar-refractivity contribution is 5.84. The molecule has 0 unspecified atom stereocenters. The first-order chi connectivity index (χ1) is 15.2. The lowest BCUT2D eigenvalue weighted by Gasteiger charge is -2.06. The van der Waals surface area contributed by atoms with E-state index in [1.807, 2.05) is 48.6 Å². The van der Waals surface area contributed by atoms with Gasteiger partial charge in [0.25, 0.3) is 0 Å². The number of aromatic nitrogens is 6. The number of aryl methyl sites for hydroxylation is 1. The van der Waals surface area contributed by atoms with Crippen LogP contribution >= 0.6 is 0 Å². The summed E-state index contributed by atoms with van der Waals surface area (Å²) in [5.74, 6) is 1.37. The van der Waals surface area contributed by atoms with Gasteiger partial charge in [-0.15, -0.1) is 0 Å². The second-order valence-electron chi connectivity index (χ2n) is 8.29. The van der Waals surface area contributed by atoms with Crippen molar-refractivity contribution in [2.24, 2.45) is 13.0 Å². The van der Waals surface area contributed by atoms with Gasteiger partial charge in [0.1, 0.15) is 0 Å². The fourth-order valence-electron chi connectivity index (χ4n) is 3.83. The van der Waals surface area contributed by atoms with Crippen molar-refractivity contribution in [2.45, 2.75) is 19.3 Å². The maximum Gasteiger partial charge on any atom is 0.216 e. The number of hydrogen-bond acceptors (Lipinski definition) is 5. The topological polar surface area (TPSA) is 70.1 Å². The molecule has 1 saturated carbocycles. The van der Waals surface area contributed by atoms with Gasteiger partial charge in [0, 0.05) is 60.2 Å². The minimum absolute atomic E-state index is 0.671. The molecule has 1 aliphatic carbocycles. The van der Waals surface area contributed by atoms with Crippen molar-refractivity contribution < 1.29 is 4.74 Å². The number of pyridine rings is 1. The normalized spacial score (nSPS) is 13.8. The first-order valence-electron chi connectivity index (χ1n) is 10.5. The Balaban J connectivity index is 1.30. The molecule has 5 aromatic rings. The van der Waals surface area contributed by atoms with Crippen LogP contribution in [0.15, 0.2) is 61.3 Å². The molecule has 4 heterocycles. The van der Waals surface area contributed by atoms with Crippen molar-refractivity contribution in [2.75, 3.05) is 6.61 Å². The molecule has 0 aliphatic heterocycles. The molecule has 31 heavy (non-hydrogen) atoms. The van der Waals surface area contributed by atoms with Crippen LogP contribution in [0.1, 0.15) is 24.0 Å². The number of rotatable bonds is 6. The Bertz CT molecular complexity index is 1400. The number of nitrogens with zero attached hydrogens (tertiary/aromatic N) is 6. The number of hydrogen-bond donors (Lipinski definition) is 0. The summed E-state index contributed by atoms with van der Waals surface area (Å²) in [7, 11) is 1.92. The smallest absolute Gasteiger partial charge is 0.216 e. The van der Waals surface area contributed by atoms with Crippen molar-refractivity contribution in [1.29, 1.82) is 0 Å². The maximum absolute atomic E-state index is 5.86. The van der Waals surface area contributed by atoms with Crippen LogP contribution in [-0.2, 0) is 13.5 Å². The van der Waals surface area contributed by atoms with Gasteiger partial charge in [0.15, 0.2) is 5.65 Å². The number of benzene rings is 1. The van der Waals surface area contributed by atoms with Gasteiger partial charge in [-0.05, 0) is 42.5 Å². The minimum Gasteiger partial charge on any atom is -0.477 e. The predicted octanol–water partition coefficient (Wildman–Crippen LogP) is 4.06. The highest BCUT2D eigenvalue weighted by atomic mass is 16.5. The van der Waals surface area contributed by atoms with Crippen LogP contribution in [0.4, 0.5) is 0 Å². The van der Waals surface area contributed by atoms with Gasteiger partial charge >= 0.3 is 0 Å². The summed E-state index contributed by atoms with van der Waals surface area (Å²) in [6.45, 7) is 0.754. The van der Waals surface area contributed by atoms with Crippen LogP contribution in [0.3, 0.4) is 0 Å². The molecule has 1 aliphatic rings. The van der Waals surface area contributed by atoms with E-state index in [1.165, 1.54) is 18.4 Å². The van der Waals surface area contributed by atoms with E-state index in [0.29, 0.717) is 11.8 Å². The van der Waals surface area contributed by atoms with Crippen LogP contribution < -0.4 is 4.74 Å². The molecule has 154 valence electrons. The first kappa shape index (κ1) is 18.1. The van der Waals surface area contributed by atoms with E-state index in [0.717, 1.165) is 46.3 Å². The summed E-state index contributed by atoms with van der Waals surface area (Å²) in [5, 5.41) is 9.83. The Hall–Kier alpha value is -3.74. The fourth-order valence-corrected chi connectivity index (χ4v) is 3.83. The molecule has 0 saturated heterocycles. The quantitative estimate of drug-likeness (QED) is 0.422. The molecule has 0 spiro atoms. The third-order valence-corrected chi connectivity index (χ3v) is 5.76. The van der Waals surface area contributed by atoms with Gasteiger partial charge in [-0.3, -0.25) is 9.67 Å². The number of ether oxygens (including phenoxy) is 1. The molecule has 1 aromatic carbocycles. The zero-order valence-corrected chi connectivity index (χ0v) is 17.3. The Kier molecular flexibility index (Phi) is 4.19. The lowest BCUT2D eigenvalue weighted by molar-refractivity contribution is 0.288. The van der Waals surface area contributed by atoms with Crippen molar-refractivity contribution >= 4 is 16.6 Å². The van der Waals surface area contributed by atoms with Gasteiger partial charge < -0.3 is 4.74 Å². The van der Waals surface area contributed by atoms with Crippen LogP contribution in [-0.4, -0.2) is 36.0 Å². The molecule has 0 amide bonds. The molecule has 0 atom stereocenters. The van der Waals surface area contributed by atoms with E-state index in [-0.39, 0.29) is 0 Å². The second-order valence-corrected chi connectivity index (χ2v) is 8.29. The molecule has 0 N–H and O–H groups in total. The van der Waals surface area contributed by atoms with Gasteiger partial charge in [-0.2, -0.15) is 15.2 Å². The van der Waals surface area contributed by atoms with E-state index in [2.05, 4.69) is 39.4 Å². The van der Waals surface area contributed by atoms with E-state index < -0.39 is 0 Å². The summed E-state index contributed by atoms with van der Waals surface area (Å²) < 4.78 is 9.47. The first-order valence-corrected chi connectivity index (χ1v) is 10.5. The highest BCUT2D eigenvalue weighted by Gasteiger charge is 2.22. The van der Waals surface area contributed by atoms with Gasteiger partial charge in [0.2, 0.25) is 5.88 Å². The lowest BCUT2D eigenvalue weighted by atomic mass is 10.0. The Labute approximate surface area is 179 Å². The Morgan fingerprint density at radius 2 is 1.97 bits per heavy atom. The van der Waals surface area contributed by atoms with Crippen LogP contribution in [0.5, 0.6) is 5.88 Å². The standard InChI is InChI=1S/C24H22N6O/c1-29-14-21(13-26-29)19-10-18-8-17(4-5-22(18)25-11-19)9-20-12-27-30-7-6-23(28-24(20)30)31-15-16-2-3-16/h4-8,10-14,16H,2-3,9,15H2,1H3. The van der Waals surface area contributed by atoms with E-state index >= 15 is 0 Å². The molecular weight excluding hydrogens is 388 g/mol. The average Bonchev–Trinajstić information content (AvgIpc) is 3.40. The molecule has 6 rings (SSSR count). The molecule has 0 bridgehead atoms. The SMILES string of the molecule is Cn1cc(-c2cnc3ccc(Cc4cnn5ccc(OCC6CC6)nc45)cc3c2)cn1. The highest BCUT2D eigenvalue weighted by Crippen LogP contribution is 2.29. The van der Waals surface area contributed by atoms with E-state index in [9.17, 15) is 0 Å². The van der Waals surface area contributed by atoms with Crippen molar-refractivity contribution in [1.82, 2.24) is 29.4 Å². The zero-order valence-electron chi connectivity index (χ0n) is 17.3. The fraction of sp³-hybridized carbons (Fsp3) is 0.250.